The molecule has 2 heterocycles. The van der Waals surface area contributed by atoms with Crippen molar-refractivity contribution in [3.8, 4) is 0 Å². The summed E-state index contributed by atoms with van der Waals surface area (Å²) in [5, 5.41) is 8.07. The van der Waals surface area contributed by atoms with Crippen molar-refractivity contribution < 1.29 is 13.2 Å². The van der Waals surface area contributed by atoms with Gasteiger partial charge in [-0.3, -0.25) is 9.52 Å². The second kappa shape index (κ2) is 8.99. The Morgan fingerprint density at radius 1 is 0.933 bits per heavy atom. The van der Waals surface area contributed by atoms with Crippen LogP contribution in [0.3, 0.4) is 0 Å². The molecule has 2 aromatic heterocycles. The minimum atomic E-state index is -3.57. The highest BCUT2D eigenvalue weighted by atomic mass is 32.2. The van der Waals surface area contributed by atoms with Gasteiger partial charge in [-0.15, -0.1) is 22.7 Å². The van der Waals surface area contributed by atoms with Crippen molar-refractivity contribution in [2.24, 2.45) is 0 Å². The first-order valence-corrected chi connectivity index (χ1v) is 12.6. The number of nitrogens with one attached hydrogen (secondary N) is 2. The van der Waals surface area contributed by atoms with Crippen LogP contribution in [0.2, 0.25) is 0 Å². The van der Waals surface area contributed by atoms with E-state index in [1.54, 1.807) is 53.1 Å². The van der Waals surface area contributed by atoms with E-state index >= 15 is 0 Å². The van der Waals surface area contributed by atoms with E-state index in [9.17, 15) is 13.2 Å². The molecule has 0 bridgehead atoms. The zero-order valence-electron chi connectivity index (χ0n) is 16.0. The Morgan fingerprint density at radius 3 is 2.50 bits per heavy atom. The summed E-state index contributed by atoms with van der Waals surface area (Å²) in [6, 6.07) is 18.4. The molecule has 0 aliphatic carbocycles. The van der Waals surface area contributed by atoms with Gasteiger partial charge in [-0.25, -0.2) is 8.42 Å². The van der Waals surface area contributed by atoms with Gasteiger partial charge in [0.1, 0.15) is 4.21 Å². The van der Waals surface area contributed by atoms with Gasteiger partial charge in [0.25, 0.3) is 10.0 Å². The van der Waals surface area contributed by atoms with E-state index in [2.05, 4.69) is 27.6 Å². The van der Waals surface area contributed by atoms with Crippen LogP contribution in [-0.2, 0) is 27.7 Å². The normalized spacial score (nSPS) is 11.5. The molecule has 2 N–H and O–H groups in total. The maximum atomic E-state index is 12.3. The van der Waals surface area contributed by atoms with Crippen LogP contribution in [0.1, 0.15) is 11.1 Å². The van der Waals surface area contributed by atoms with Crippen LogP contribution in [0.15, 0.2) is 75.6 Å². The van der Waals surface area contributed by atoms with Crippen molar-refractivity contribution in [1.29, 1.82) is 0 Å². The molecule has 0 saturated heterocycles. The zero-order chi connectivity index (χ0) is 21.0. The molecule has 0 aliphatic rings. The number of fused-ring (bicyclic) bond motifs is 1. The summed E-state index contributed by atoms with van der Waals surface area (Å²) in [4.78, 5) is 12.3. The molecular weight excluding hydrogens is 436 g/mol. The molecule has 0 radical (unpaired) electrons. The minimum Gasteiger partial charge on any atom is -0.355 e. The minimum absolute atomic E-state index is 0.0542. The standard InChI is InChI=1S/C22H20N2O3S3/c25-21(23-12-11-17-15-29-20-5-2-1-4-19(17)20)14-16-7-9-18(10-8-16)24-30(26,27)22-6-3-13-28-22/h1-10,13,15,24H,11-12,14H2,(H,23,25). The average Bonchev–Trinajstić information content (AvgIpc) is 3.40. The van der Waals surface area contributed by atoms with Crippen LogP contribution in [0.4, 0.5) is 5.69 Å². The van der Waals surface area contributed by atoms with Crippen molar-refractivity contribution in [3.63, 3.8) is 0 Å². The number of carbonyl (C=O) groups excluding carboxylic acids is 1. The molecule has 4 aromatic rings. The van der Waals surface area contributed by atoms with Crippen LogP contribution in [-0.4, -0.2) is 20.9 Å². The second-order valence-corrected chi connectivity index (χ2v) is 10.5. The lowest BCUT2D eigenvalue weighted by Crippen LogP contribution is -2.27. The quantitative estimate of drug-likeness (QED) is 0.405. The van der Waals surface area contributed by atoms with E-state index in [0.29, 0.717) is 12.2 Å². The number of carbonyl (C=O) groups is 1. The van der Waals surface area contributed by atoms with E-state index in [-0.39, 0.29) is 16.5 Å². The average molecular weight is 457 g/mol. The lowest BCUT2D eigenvalue weighted by Gasteiger charge is -2.08. The highest BCUT2D eigenvalue weighted by Crippen LogP contribution is 2.25. The van der Waals surface area contributed by atoms with E-state index in [4.69, 9.17) is 0 Å². The van der Waals surface area contributed by atoms with Crippen molar-refractivity contribution in [2.75, 3.05) is 11.3 Å². The first kappa shape index (κ1) is 20.6. The molecule has 0 atom stereocenters. The lowest BCUT2D eigenvalue weighted by molar-refractivity contribution is -0.120. The zero-order valence-corrected chi connectivity index (χ0v) is 18.4. The van der Waals surface area contributed by atoms with Crippen LogP contribution >= 0.6 is 22.7 Å². The third-order valence-electron chi connectivity index (χ3n) is 4.61. The fourth-order valence-electron chi connectivity index (χ4n) is 3.12. The Hall–Kier alpha value is -2.68. The first-order valence-electron chi connectivity index (χ1n) is 9.38. The lowest BCUT2D eigenvalue weighted by atomic mass is 10.1. The smallest absolute Gasteiger partial charge is 0.271 e. The summed E-state index contributed by atoms with van der Waals surface area (Å²) in [6.07, 6.45) is 1.04. The molecule has 154 valence electrons. The number of benzene rings is 2. The number of hydrogen-bond donors (Lipinski definition) is 2. The molecule has 0 spiro atoms. The monoisotopic (exact) mass is 456 g/mol. The number of anilines is 1. The van der Waals surface area contributed by atoms with Crippen molar-refractivity contribution >= 4 is 54.4 Å². The molecule has 1 amide bonds. The SMILES string of the molecule is O=C(Cc1ccc(NS(=O)(=O)c2cccs2)cc1)NCCc1csc2ccccc12. The van der Waals surface area contributed by atoms with Crippen molar-refractivity contribution in [3.05, 3.63) is 82.6 Å². The summed E-state index contributed by atoms with van der Waals surface area (Å²) in [5.41, 5.74) is 2.54. The fraction of sp³-hybridized carbons (Fsp3) is 0.136. The molecule has 8 heteroatoms. The second-order valence-electron chi connectivity index (χ2n) is 6.77. The van der Waals surface area contributed by atoms with Crippen LogP contribution in [0, 0.1) is 0 Å². The Kier molecular flexibility index (Phi) is 6.17. The number of amides is 1. The van der Waals surface area contributed by atoms with Crippen LogP contribution in [0.5, 0.6) is 0 Å². The molecule has 0 aliphatic heterocycles. The molecule has 0 fully saturated rings. The highest BCUT2D eigenvalue weighted by Gasteiger charge is 2.15. The molecule has 5 nitrogen and oxygen atoms in total. The fourth-order valence-corrected chi connectivity index (χ4v) is 6.17. The number of sulfonamides is 1. The van der Waals surface area contributed by atoms with Gasteiger partial charge in [-0.05, 0) is 58.0 Å². The van der Waals surface area contributed by atoms with Gasteiger partial charge in [-0.2, -0.15) is 0 Å². The summed E-state index contributed by atoms with van der Waals surface area (Å²) < 4.78 is 28.6. The van der Waals surface area contributed by atoms with Gasteiger partial charge < -0.3 is 5.32 Å². The Balaban J connectivity index is 1.28. The van der Waals surface area contributed by atoms with Gasteiger partial charge >= 0.3 is 0 Å². The predicted octanol–water partition coefficient (Wildman–Crippen LogP) is 4.67. The van der Waals surface area contributed by atoms with Crippen LogP contribution in [0.25, 0.3) is 10.1 Å². The molecule has 30 heavy (non-hydrogen) atoms. The number of hydrogen-bond acceptors (Lipinski definition) is 5. The predicted molar refractivity (Wildman–Crippen MR) is 124 cm³/mol. The Labute approximate surface area is 183 Å². The van der Waals surface area contributed by atoms with Crippen molar-refractivity contribution in [2.45, 2.75) is 17.1 Å². The third kappa shape index (κ3) is 4.89. The van der Waals surface area contributed by atoms with E-state index in [1.165, 1.54) is 15.6 Å². The van der Waals surface area contributed by atoms with E-state index < -0.39 is 10.0 Å². The third-order valence-corrected chi connectivity index (χ3v) is 8.40. The van der Waals surface area contributed by atoms with Gasteiger partial charge in [0.05, 0.1) is 6.42 Å². The highest BCUT2D eigenvalue weighted by molar-refractivity contribution is 7.94. The summed E-state index contributed by atoms with van der Waals surface area (Å²) in [7, 11) is -3.57. The molecule has 2 aromatic carbocycles. The molecular formula is C22H20N2O3S3. The first-order chi connectivity index (χ1) is 14.5. The van der Waals surface area contributed by atoms with Gasteiger partial charge in [0.2, 0.25) is 5.91 Å². The number of thiophene rings is 2. The van der Waals surface area contributed by atoms with Crippen LogP contribution < -0.4 is 10.0 Å². The number of rotatable bonds is 8. The summed E-state index contributed by atoms with van der Waals surface area (Å²) >= 11 is 2.88. The molecule has 0 unspecified atom stereocenters. The van der Waals surface area contributed by atoms with Gasteiger partial charge in [-0.1, -0.05) is 36.4 Å². The molecule has 0 saturated carbocycles. The Morgan fingerprint density at radius 2 is 1.73 bits per heavy atom. The molecule has 4 rings (SSSR count). The van der Waals surface area contributed by atoms with E-state index in [0.717, 1.165) is 23.3 Å². The maximum Gasteiger partial charge on any atom is 0.271 e. The van der Waals surface area contributed by atoms with Gasteiger partial charge in [0.15, 0.2) is 0 Å². The van der Waals surface area contributed by atoms with E-state index in [1.807, 2.05) is 12.1 Å². The Bertz CT molecular complexity index is 1240. The van der Waals surface area contributed by atoms with Crippen molar-refractivity contribution in [1.82, 2.24) is 5.32 Å². The topological polar surface area (TPSA) is 75.3 Å². The summed E-state index contributed by atoms with van der Waals surface area (Å²) in [5.74, 6) is -0.0542. The summed E-state index contributed by atoms with van der Waals surface area (Å²) in [6.45, 7) is 0.582. The largest absolute Gasteiger partial charge is 0.355 e. The van der Waals surface area contributed by atoms with Gasteiger partial charge in [0, 0.05) is 16.9 Å². The maximum absolute atomic E-state index is 12.3.